The first-order valence-electron chi connectivity index (χ1n) is 7.43. The van der Waals surface area contributed by atoms with E-state index in [-0.39, 0.29) is 11.7 Å². The van der Waals surface area contributed by atoms with Gasteiger partial charge in [0.1, 0.15) is 0 Å². The topological polar surface area (TPSA) is 30.5 Å². The molecule has 1 aromatic rings. The largest absolute Gasteiger partial charge is 0.379 e. The molecule has 114 valence electrons. The molecule has 1 unspecified atom stereocenters. The van der Waals surface area contributed by atoms with Crippen molar-refractivity contribution in [1.82, 2.24) is 5.32 Å². The molecule has 1 aromatic carbocycles. The van der Waals surface area contributed by atoms with Crippen LogP contribution in [0.25, 0.3) is 0 Å². The fraction of sp³-hybridized carbons (Fsp3) is 0.647. The van der Waals surface area contributed by atoms with Crippen LogP contribution in [0, 0.1) is 6.92 Å². The zero-order valence-electron chi connectivity index (χ0n) is 13.5. The summed E-state index contributed by atoms with van der Waals surface area (Å²) in [4.78, 5) is 0. The molecule has 20 heavy (non-hydrogen) atoms. The van der Waals surface area contributed by atoms with Gasteiger partial charge in [-0.1, -0.05) is 31.2 Å². The molecule has 0 saturated carbocycles. The average Bonchev–Trinajstić information content (AvgIpc) is 2.43. The van der Waals surface area contributed by atoms with Crippen molar-refractivity contribution < 1.29 is 9.47 Å². The van der Waals surface area contributed by atoms with Crippen molar-refractivity contribution in [2.75, 3.05) is 26.8 Å². The first kappa shape index (κ1) is 17.2. The summed E-state index contributed by atoms with van der Waals surface area (Å²) in [5.41, 5.74) is 2.42. The maximum Gasteiger partial charge on any atom is 0.0951 e. The summed E-state index contributed by atoms with van der Waals surface area (Å²) in [6, 6.07) is 8.43. The van der Waals surface area contributed by atoms with E-state index in [1.807, 2.05) is 0 Å². The van der Waals surface area contributed by atoms with E-state index in [2.05, 4.69) is 57.3 Å². The number of aryl methyl sites for hydroxylation is 1. The van der Waals surface area contributed by atoms with Crippen molar-refractivity contribution in [2.24, 2.45) is 0 Å². The van der Waals surface area contributed by atoms with Crippen molar-refractivity contribution in [3.63, 3.8) is 0 Å². The molecular weight excluding hydrogens is 250 g/mol. The van der Waals surface area contributed by atoms with Crippen LogP contribution < -0.4 is 5.32 Å². The fourth-order valence-corrected chi connectivity index (χ4v) is 2.03. The highest BCUT2D eigenvalue weighted by Gasteiger charge is 2.19. The van der Waals surface area contributed by atoms with Crippen molar-refractivity contribution >= 4 is 0 Å². The van der Waals surface area contributed by atoms with Gasteiger partial charge in [0.05, 0.1) is 18.3 Å². The lowest BCUT2D eigenvalue weighted by atomic mass is 10.0. The lowest BCUT2D eigenvalue weighted by Gasteiger charge is -2.25. The summed E-state index contributed by atoms with van der Waals surface area (Å²) < 4.78 is 11.5. The Morgan fingerprint density at radius 1 is 1.25 bits per heavy atom. The molecule has 0 heterocycles. The second-order valence-electron chi connectivity index (χ2n) is 5.74. The van der Waals surface area contributed by atoms with E-state index in [9.17, 15) is 0 Å². The number of hydrogen-bond acceptors (Lipinski definition) is 3. The molecule has 1 N–H and O–H groups in total. The summed E-state index contributed by atoms with van der Waals surface area (Å²) in [5, 5.41) is 3.38. The summed E-state index contributed by atoms with van der Waals surface area (Å²) in [6.45, 7) is 10.9. The van der Waals surface area contributed by atoms with Gasteiger partial charge < -0.3 is 14.8 Å². The minimum Gasteiger partial charge on any atom is -0.379 e. The van der Waals surface area contributed by atoms with E-state index in [1.54, 1.807) is 7.11 Å². The Kier molecular flexibility index (Phi) is 7.20. The van der Waals surface area contributed by atoms with Crippen LogP contribution in [0.4, 0.5) is 0 Å². The smallest absolute Gasteiger partial charge is 0.0951 e. The number of benzene rings is 1. The minimum absolute atomic E-state index is 0.101. The number of hydrogen-bond donors (Lipinski definition) is 1. The van der Waals surface area contributed by atoms with Crippen LogP contribution >= 0.6 is 0 Å². The van der Waals surface area contributed by atoms with Crippen LogP contribution in [0.2, 0.25) is 0 Å². The van der Waals surface area contributed by atoms with Gasteiger partial charge in [0.15, 0.2) is 0 Å². The first-order valence-corrected chi connectivity index (χ1v) is 7.43. The molecule has 0 aliphatic carbocycles. The Morgan fingerprint density at radius 2 is 1.95 bits per heavy atom. The van der Waals surface area contributed by atoms with Crippen LogP contribution in [-0.2, 0) is 9.47 Å². The van der Waals surface area contributed by atoms with E-state index >= 15 is 0 Å². The minimum atomic E-state index is -0.130. The van der Waals surface area contributed by atoms with E-state index in [1.165, 1.54) is 11.1 Å². The lowest BCUT2D eigenvalue weighted by molar-refractivity contribution is -0.0272. The van der Waals surface area contributed by atoms with Gasteiger partial charge in [-0.15, -0.1) is 0 Å². The zero-order chi connectivity index (χ0) is 15.0. The van der Waals surface area contributed by atoms with Crippen LogP contribution in [0.3, 0.4) is 0 Å². The molecule has 0 fully saturated rings. The molecule has 0 aliphatic rings. The fourth-order valence-electron chi connectivity index (χ4n) is 2.03. The number of likely N-dealkylation sites (N-methyl/N-ethyl adjacent to an activating group) is 1. The Bertz CT molecular complexity index is 390. The summed E-state index contributed by atoms with van der Waals surface area (Å²) >= 11 is 0. The molecule has 0 aliphatic heterocycles. The van der Waals surface area contributed by atoms with Gasteiger partial charge >= 0.3 is 0 Å². The zero-order valence-corrected chi connectivity index (χ0v) is 13.5. The van der Waals surface area contributed by atoms with Gasteiger partial charge in [0.25, 0.3) is 0 Å². The third-order valence-corrected chi connectivity index (χ3v) is 3.69. The summed E-state index contributed by atoms with van der Waals surface area (Å²) in [7, 11) is 1.75. The third kappa shape index (κ3) is 5.61. The van der Waals surface area contributed by atoms with Crippen LogP contribution in [0.5, 0.6) is 0 Å². The normalized spacial score (nSPS) is 13.4. The third-order valence-electron chi connectivity index (χ3n) is 3.69. The molecule has 0 spiro atoms. The van der Waals surface area contributed by atoms with Gasteiger partial charge in [-0.25, -0.2) is 0 Å². The molecule has 1 atom stereocenters. The molecule has 0 radical (unpaired) electrons. The Morgan fingerprint density at radius 3 is 2.55 bits per heavy atom. The van der Waals surface area contributed by atoms with Crippen molar-refractivity contribution in [2.45, 2.75) is 45.8 Å². The summed E-state index contributed by atoms with van der Waals surface area (Å²) in [5.74, 6) is 0. The van der Waals surface area contributed by atoms with Gasteiger partial charge in [-0.3, -0.25) is 0 Å². The highest BCUT2D eigenvalue weighted by molar-refractivity contribution is 5.28. The molecule has 0 bridgehead atoms. The Hall–Kier alpha value is -0.900. The standard InChI is InChI=1S/C17H29NO2/c1-6-18-13-16(15-10-8-7-9-14(15)2)20-12-11-17(3,4)19-5/h7-10,16,18H,6,11-13H2,1-5H3. The predicted molar refractivity (Wildman–Crippen MR) is 84.1 cm³/mol. The van der Waals surface area contributed by atoms with E-state index in [0.29, 0.717) is 6.61 Å². The number of rotatable bonds is 9. The van der Waals surface area contributed by atoms with Crippen LogP contribution in [-0.4, -0.2) is 32.4 Å². The molecule has 3 nitrogen and oxygen atoms in total. The molecule has 0 amide bonds. The summed E-state index contributed by atoms with van der Waals surface area (Å²) in [6.07, 6.45) is 0.988. The number of nitrogens with one attached hydrogen (secondary N) is 1. The van der Waals surface area contributed by atoms with Crippen molar-refractivity contribution in [1.29, 1.82) is 0 Å². The average molecular weight is 279 g/mol. The lowest BCUT2D eigenvalue weighted by Crippen LogP contribution is -2.28. The quantitative estimate of drug-likeness (QED) is 0.750. The first-order chi connectivity index (χ1) is 9.50. The van der Waals surface area contributed by atoms with Crippen LogP contribution in [0.15, 0.2) is 24.3 Å². The maximum atomic E-state index is 6.11. The maximum absolute atomic E-state index is 6.11. The predicted octanol–water partition coefficient (Wildman–Crippen LogP) is 3.48. The highest BCUT2D eigenvalue weighted by atomic mass is 16.5. The monoisotopic (exact) mass is 279 g/mol. The molecule has 1 rings (SSSR count). The molecule has 3 heteroatoms. The number of ether oxygens (including phenoxy) is 2. The Balaban J connectivity index is 2.63. The van der Waals surface area contributed by atoms with Crippen LogP contribution in [0.1, 0.15) is 44.4 Å². The van der Waals surface area contributed by atoms with Gasteiger partial charge in [0.2, 0.25) is 0 Å². The van der Waals surface area contributed by atoms with Gasteiger partial charge in [-0.2, -0.15) is 0 Å². The van der Waals surface area contributed by atoms with Gasteiger partial charge in [-0.05, 0) is 44.9 Å². The second kappa shape index (κ2) is 8.40. The molecule has 0 aromatic heterocycles. The number of methoxy groups -OCH3 is 1. The van der Waals surface area contributed by atoms with Crippen molar-refractivity contribution in [3.8, 4) is 0 Å². The van der Waals surface area contributed by atoms with E-state index in [0.717, 1.165) is 19.5 Å². The van der Waals surface area contributed by atoms with E-state index < -0.39 is 0 Å². The van der Waals surface area contributed by atoms with Crippen molar-refractivity contribution in [3.05, 3.63) is 35.4 Å². The Labute approximate surface area is 123 Å². The second-order valence-corrected chi connectivity index (χ2v) is 5.74. The molecule has 0 saturated heterocycles. The SMILES string of the molecule is CCNCC(OCCC(C)(C)OC)c1ccccc1C. The van der Waals surface area contributed by atoms with E-state index in [4.69, 9.17) is 9.47 Å². The molecular formula is C17H29NO2. The highest BCUT2D eigenvalue weighted by Crippen LogP contribution is 2.22. The van der Waals surface area contributed by atoms with Gasteiger partial charge in [0, 0.05) is 13.7 Å².